The molecule has 7 nitrogen and oxygen atoms in total. The second-order valence-electron chi connectivity index (χ2n) is 4.35. The van der Waals surface area contributed by atoms with Crippen molar-refractivity contribution in [1.29, 1.82) is 0 Å². The summed E-state index contributed by atoms with van der Waals surface area (Å²) in [5, 5.41) is 0.493. The van der Waals surface area contributed by atoms with E-state index < -0.39 is 0 Å². The Morgan fingerprint density at radius 1 is 1.16 bits per heavy atom. The summed E-state index contributed by atoms with van der Waals surface area (Å²) >= 11 is 0. The highest BCUT2D eigenvalue weighted by atomic mass is 16.1. The Morgan fingerprint density at radius 3 is 2.63 bits per heavy atom. The Bertz CT molecular complexity index is 839. The van der Waals surface area contributed by atoms with Crippen LogP contribution in [0.4, 0.5) is 11.9 Å². The van der Waals surface area contributed by atoms with Crippen LogP contribution in [0.5, 0.6) is 0 Å². The van der Waals surface area contributed by atoms with Crippen LogP contribution in [-0.2, 0) is 0 Å². The van der Waals surface area contributed by atoms with Crippen molar-refractivity contribution >= 4 is 28.6 Å². The number of rotatable bonds is 1. The van der Waals surface area contributed by atoms with E-state index in [1.165, 1.54) is 4.40 Å². The van der Waals surface area contributed by atoms with E-state index in [0.29, 0.717) is 16.9 Å². The van der Waals surface area contributed by atoms with Gasteiger partial charge in [-0.25, -0.2) is 9.38 Å². The lowest BCUT2D eigenvalue weighted by Crippen LogP contribution is -2.23. The van der Waals surface area contributed by atoms with Crippen molar-refractivity contribution in [2.75, 3.05) is 24.7 Å². The average Bonchev–Trinajstić information content (AvgIpc) is 2.38. The van der Waals surface area contributed by atoms with E-state index >= 15 is 0 Å². The van der Waals surface area contributed by atoms with Crippen LogP contribution in [0.1, 0.15) is 0 Å². The van der Waals surface area contributed by atoms with Gasteiger partial charge < -0.3 is 10.6 Å². The van der Waals surface area contributed by atoms with Crippen LogP contribution >= 0.6 is 0 Å². The first-order chi connectivity index (χ1) is 9.08. The van der Waals surface area contributed by atoms with E-state index in [2.05, 4.69) is 15.0 Å². The monoisotopic (exact) mass is 256 g/mol. The quantitative estimate of drug-likeness (QED) is 0.629. The zero-order valence-corrected chi connectivity index (χ0v) is 10.5. The summed E-state index contributed by atoms with van der Waals surface area (Å²) in [5.41, 5.74) is 6.16. The van der Waals surface area contributed by atoms with Crippen molar-refractivity contribution in [1.82, 2.24) is 19.4 Å². The van der Waals surface area contributed by atoms with Crippen LogP contribution in [0.25, 0.3) is 16.7 Å². The van der Waals surface area contributed by atoms with Crippen LogP contribution in [0.2, 0.25) is 0 Å². The maximum absolute atomic E-state index is 12.3. The van der Waals surface area contributed by atoms with Gasteiger partial charge in [-0.15, -0.1) is 0 Å². The lowest BCUT2D eigenvalue weighted by molar-refractivity contribution is 0.927. The normalized spacial score (nSPS) is 11.1. The van der Waals surface area contributed by atoms with Crippen molar-refractivity contribution in [2.45, 2.75) is 0 Å². The number of para-hydroxylation sites is 1. The summed E-state index contributed by atoms with van der Waals surface area (Å²) in [7, 11) is 3.59. The summed E-state index contributed by atoms with van der Waals surface area (Å²) in [6, 6.07) is 7.08. The third-order valence-corrected chi connectivity index (χ3v) is 2.80. The molecule has 0 aliphatic carbocycles. The number of benzene rings is 1. The molecule has 0 unspecified atom stereocenters. The SMILES string of the molecule is CN(C)c1nc(N)n2c(=O)c3ccccc3nc2n1. The molecule has 3 rings (SSSR count). The maximum atomic E-state index is 12.3. The molecule has 0 saturated carbocycles. The Hall–Kier alpha value is -2.70. The predicted molar refractivity (Wildman–Crippen MR) is 73.3 cm³/mol. The Kier molecular flexibility index (Phi) is 2.34. The molecule has 2 heterocycles. The molecule has 7 heteroatoms. The fourth-order valence-electron chi connectivity index (χ4n) is 1.87. The third-order valence-electron chi connectivity index (χ3n) is 2.80. The van der Waals surface area contributed by atoms with Gasteiger partial charge >= 0.3 is 0 Å². The van der Waals surface area contributed by atoms with E-state index in [-0.39, 0.29) is 17.3 Å². The van der Waals surface area contributed by atoms with Gasteiger partial charge in [0.05, 0.1) is 10.9 Å². The van der Waals surface area contributed by atoms with Crippen molar-refractivity contribution < 1.29 is 0 Å². The molecule has 0 fully saturated rings. The number of anilines is 2. The van der Waals surface area contributed by atoms with Crippen LogP contribution in [-0.4, -0.2) is 33.4 Å². The molecule has 0 aliphatic rings. The smallest absolute Gasteiger partial charge is 0.269 e. The zero-order valence-electron chi connectivity index (χ0n) is 10.5. The van der Waals surface area contributed by atoms with Gasteiger partial charge in [0.15, 0.2) is 0 Å². The largest absolute Gasteiger partial charge is 0.369 e. The van der Waals surface area contributed by atoms with Crippen molar-refractivity contribution in [3.8, 4) is 0 Å². The van der Waals surface area contributed by atoms with E-state index in [0.717, 1.165) is 0 Å². The molecule has 0 atom stereocenters. The summed E-state index contributed by atoms with van der Waals surface area (Å²) in [5.74, 6) is 0.747. The molecule has 0 spiro atoms. The second kappa shape index (κ2) is 3.91. The summed E-state index contributed by atoms with van der Waals surface area (Å²) in [6.07, 6.45) is 0. The van der Waals surface area contributed by atoms with E-state index in [1.54, 1.807) is 37.2 Å². The van der Waals surface area contributed by atoms with Gasteiger partial charge in [0.1, 0.15) is 0 Å². The summed E-state index contributed by atoms with van der Waals surface area (Å²) in [6.45, 7) is 0. The highest BCUT2D eigenvalue weighted by Gasteiger charge is 2.11. The molecular weight excluding hydrogens is 244 g/mol. The first-order valence-corrected chi connectivity index (χ1v) is 5.70. The molecular formula is C12H12N6O. The minimum Gasteiger partial charge on any atom is -0.369 e. The van der Waals surface area contributed by atoms with E-state index in [9.17, 15) is 4.79 Å². The molecule has 1 aromatic carbocycles. The van der Waals surface area contributed by atoms with Crippen LogP contribution in [0, 0.1) is 0 Å². The maximum Gasteiger partial charge on any atom is 0.269 e. The molecule has 2 aromatic heterocycles. The molecule has 0 amide bonds. The molecule has 0 radical (unpaired) electrons. The van der Waals surface area contributed by atoms with Crippen molar-refractivity contribution in [2.24, 2.45) is 0 Å². The first-order valence-electron chi connectivity index (χ1n) is 5.70. The topological polar surface area (TPSA) is 89.4 Å². The van der Waals surface area contributed by atoms with Gasteiger partial charge in [0.2, 0.25) is 17.7 Å². The fraction of sp³-hybridized carbons (Fsp3) is 0.167. The third kappa shape index (κ3) is 1.67. The molecule has 3 aromatic rings. The highest BCUT2D eigenvalue weighted by Crippen LogP contribution is 2.12. The second-order valence-corrected chi connectivity index (χ2v) is 4.35. The summed E-state index contributed by atoms with van der Waals surface area (Å²) < 4.78 is 1.22. The zero-order chi connectivity index (χ0) is 13.6. The van der Waals surface area contributed by atoms with Crippen LogP contribution in [0.15, 0.2) is 29.1 Å². The highest BCUT2D eigenvalue weighted by molar-refractivity contribution is 5.79. The predicted octanol–water partition coefficient (Wildman–Crippen LogP) is 0.286. The number of aromatic nitrogens is 4. The molecule has 0 bridgehead atoms. The van der Waals surface area contributed by atoms with Gasteiger partial charge in [-0.2, -0.15) is 9.97 Å². The summed E-state index contributed by atoms with van der Waals surface area (Å²) in [4.78, 5) is 26.7. The van der Waals surface area contributed by atoms with E-state index in [4.69, 9.17) is 5.73 Å². The molecule has 96 valence electrons. The van der Waals surface area contributed by atoms with Crippen LogP contribution in [0.3, 0.4) is 0 Å². The molecule has 19 heavy (non-hydrogen) atoms. The fourth-order valence-corrected chi connectivity index (χ4v) is 1.87. The standard InChI is InChI=1S/C12H12N6O/c1-17(2)11-15-10(13)18-9(19)7-5-3-4-6-8(7)14-12(18)16-11/h3-6H,1-2H3,(H2,13,14,15,16). The van der Waals surface area contributed by atoms with Crippen LogP contribution < -0.4 is 16.2 Å². The first kappa shape index (κ1) is 11.4. The number of fused-ring (bicyclic) bond motifs is 2. The Labute approximate surface area is 108 Å². The lowest BCUT2D eigenvalue weighted by Gasteiger charge is -2.12. The van der Waals surface area contributed by atoms with Gasteiger partial charge in [0, 0.05) is 14.1 Å². The van der Waals surface area contributed by atoms with Gasteiger partial charge in [-0.05, 0) is 12.1 Å². The minimum absolute atomic E-state index is 0.0805. The lowest BCUT2D eigenvalue weighted by atomic mass is 10.2. The Balaban J connectivity index is 2.51. The van der Waals surface area contributed by atoms with Gasteiger partial charge in [0.25, 0.3) is 5.56 Å². The molecule has 0 aliphatic heterocycles. The Morgan fingerprint density at radius 2 is 1.89 bits per heavy atom. The van der Waals surface area contributed by atoms with Crippen molar-refractivity contribution in [3.63, 3.8) is 0 Å². The number of hydrogen-bond acceptors (Lipinski definition) is 6. The molecule has 2 N–H and O–H groups in total. The van der Waals surface area contributed by atoms with Gasteiger partial charge in [-0.1, -0.05) is 12.1 Å². The number of nitrogens with zero attached hydrogens (tertiary/aromatic N) is 5. The van der Waals surface area contributed by atoms with Gasteiger partial charge in [-0.3, -0.25) is 4.79 Å². The number of hydrogen-bond donors (Lipinski definition) is 1. The number of nitrogen functional groups attached to an aromatic ring is 1. The minimum atomic E-state index is -0.261. The number of nitrogens with two attached hydrogens (primary N) is 1. The molecule has 0 saturated heterocycles. The van der Waals surface area contributed by atoms with E-state index in [1.807, 2.05) is 6.07 Å². The van der Waals surface area contributed by atoms with Crippen molar-refractivity contribution in [3.05, 3.63) is 34.6 Å². The average molecular weight is 256 g/mol.